The minimum atomic E-state index is -3.26. The van der Waals surface area contributed by atoms with Crippen molar-refractivity contribution in [3.63, 3.8) is 0 Å². The Bertz CT molecular complexity index is 353. The maximum absolute atomic E-state index is 11.7. The lowest BCUT2D eigenvalue weighted by Crippen LogP contribution is -2.51. The van der Waals surface area contributed by atoms with Crippen LogP contribution in [0, 0.1) is 0 Å². The molecule has 2 unspecified atom stereocenters. The summed E-state index contributed by atoms with van der Waals surface area (Å²) in [6.45, 7) is 0. The second-order valence-corrected chi connectivity index (χ2v) is 6.73. The van der Waals surface area contributed by atoms with E-state index in [-0.39, 0.29) is 18.0 Å². The van der Waals surface area contributed by atoms with Gasteiger partial charge >= 0.3 is 0 Å². The Morgan fingerprint density at radius 3 is 2.44 bits per heavy atom. The van der Waals surface area contributed by atoms with Crippen LogP contribution in [0.3, 0.4) is 0 Å². The Labute approximate surface area is 96.9 Å². The predicted octanol–water partition coefficient (Wildman–Crippen LogP) is -0.241. The molecule has 1 aliphatic carbocycles. The molecular formula is C10H20N2O3S. The van der Waals surface area contributed by atoms with Gasteiger partial charge in [-0.2, -0.15) is 0 Å². The third-order valence-electron chi connectivity index (χ3n) is 3.06. The van der Waals surface area contributed by atoms with Crippen LogP contribution in [-0.4, -0.2) is 50.4 Å². The summed E-state index contributed by atoms with van der Waals surface area (Å²) >= 11 is 0. The number of hydrogen-bond acceptors (Lipinski definition) is 4. The lowest BCUT2D eigenvalue weighted by molar-refractivity contribution is -0.130. The van der Waals surface area contributed by atoms with E-state index in [2.05, 4.69) is 0 Å². The molecule has 0 aromatic heterocycles. The Hall–Kier alpha value is -0.620. The highest BCUT2D eigenvalue weighted by atomic mass is 32.2. The van der Waals surface area contributed by atoms with Gasteiger partial charge in [0.15, 0.2) is 9.84 Å². The van der Waals surface area contributed by atoms with Crippen molar-refractivity contribution < 1.29 is 13.2 Å². The number of carbonyl (C=O) groups is 1. The number of nitrogens with two attached hydrogens (primary N) is 1. The van der Waals surface area contributed by atoms with E-state index < -0.39 is 15.6 Å². The molecule has 6 heteroatoms. The summed E-state index contributed by atoms with van der Waals surface area (Å²) in [4.78, 5) is 13.2. The minimum Gasteiger partial charge on any atom is -0.340 e. The molecule has 0 spiro atoms. The molecule has 2 atom stereocenters. The van der Waals surface area contributed by atoms with Gasteiger partial charge in [0.2, 0.25) is 5.91 Å². The highest BCUT2D eigenvalue weighted by Gasteiger charge is 2.29. The van der Waals surface area contributed by atoms with Crippen LogP contribution < -0.4 is 5.73 Å². The summed E-state index contributed by atoms with van der Waals surface area (Å²) in [5, 5.41) is 0. The Kier molecular flexibility index (Phi) is 4.32. The van der Waals surface area contributed by atoms with Crippen molar-refractivity contribution in [2.24, 2.45) is 5.73 Å². The van der Waals surface area contributed by atoms with E-state index >= 15 is 0 Å². The number of likely N-dealkylation sites (N-methyl/N-ethyl adjacent to an activating group) is 1. The number of amides is 1. The normalized spacial score (nSPS) is 26.4. The Morgan fingerprint density at radius 1 is 1.38 bits per heavy atom. The van der Waals surface area contributed by atoms with Gasteiger partial charge in [-0.3, -0.25) is 4.79 Å². The van der Waals surface area contributed by atoms with Crippen LogP contribution in [0.5, 0.6) is 0 Å². The van der Waals surface area contributed by atoms with Crippen LogP contribution >= 0.6 is 0 Å². The van der Waals surface area contributed by atoms with Gasteiger partial charge in [-0.05, 0) is 12.8 Å². The lowest BCUT2D eigenvalue weighted by atomic mass is 9.90. The highest BCUT2D eigenvalue weighted by Crippen LogP contribution is 2.21. The summed E-state index contributed by atoms with van der Waals surface area (Å²) in [6.07, 6.45) is 4.98. The molecule has 0 aliphatic heterocycles. The van der Waals surface area contributed by atoms with Gasteiger partial charge in [-0.25, -0.2) is 8.42 Å². The smallest absolute Gasteiger partial charge is 0.237 e. The fraction of sp³-hybridized carbons (Fsp3) is 0.900. The summed E-state index contributed by atoms with van der Waals surface area (Å²) in [5.41, 5.74) is 5.94. The first-order chi connectivity index (χ1) is 7.31. The summed E-state index contributed by atoms with van der Waals surface area (Å²) in [6, 6.07) is -0.0368. The van der Waals surface area contributed by atoms with E-state index in [1.165, 1.54) is 4.90 Å². The molecule has 0 aromatic carbocycles. The van der Waals surface area contributed by atoms with Gasteiger partial charge in [0.25, 0.3) is 0 Å². The molecule has 1 amide bonds. The van der Waals surface area contributed by atoms with E-state index in [1.54, 1.807) is 7.05 Å². The van der Waals surface area contributed by atoms with Crippen molar-refractivity contribution in [3.05, 3.63) is 0 Å². The van der Waals surface area contributed by atoms with E-state index in [1.807, 2.05) is 0 Å². The van der Waals surface area contributed by atoms with Gasteiger partial charge in [-0.1, -0.05) is 12.8 Å². The van der Waals surface area contributed by atoms with Crippen LogP contribution in [0.4, 0.5) is 0 Å². The van der Waals surface area contributed by atoms with E-state index in [0.717, 1.165) is 31.9 Å². The van der Waals surface area contributed by atoms with E-state index in [0.29, 0.717) is 0 Å². The molecule has 0 heterocycles. The molecule has 2 N–H and O–H groups in total. The van der Waals surface area contributed by atoms with Crippen LogP contribution in [0.15, 0.2) is 0 Å². The molecule has 94 valence electrons. The zero-order chi connectivity index (χ0) is 12.3. The van der Waals surface area contributed by atoms with Crippen molar-refractivity contribution in [1.29, 1.82) is 0 Å². The average Bonchev–Trinajstić information content (AvgIpc) is 2.15. The molecule has 0 aromatic rings. The third kappa shape index (κ3) is 3.75. The van der Waals surface area contributed by atoms with Gasteiger partial charge in [-0.15, -0.1) is 0 Å². The summed E-state index contributed by atoms with van der Waals surface area (Å²) in [7, 11) is -1.61. The molecule has 1 fully saturated rings. The molecule has 0 saturated heterocycles. The number of rotatable bonds is 3. The van der Waals surface area contributed by atoms with Crippen LogP contribution in [0.1, 0.15) is 25.7 Å². The number of hydrogen-bond donors (Lipinski definition) is 1. The third-order valence-corrected chi connectivity index (χ3v) is 3.83. The predicted molar refractivity (Wildman–Crippen MR) is 62.7 cm³/mol. The average molecular weight is 248 g/mol. The van der Waals surface area contributed by atoms with Crippen molar-refractivity contribution in [3.8, 4) is 0 Å². The largest absolute Gasteiger partial charge is 0.340 e. The highest BCUT2D eigenvalue weighted by molar-refractivity contribution is 7.91. The van der Waals surface area contributed by atoms with Crippen LogP contribution in [0.2, 0.25) is 0 Å². The van der Waals surface area contributed by atoms with Gasteiger partial charge in [0.05, 0.1) is 0 Å². The Morgan fingerprint density at radius 2 is 1.94 bits per heavy atom. The van der Waals surface area contributed by atoms with Crippen molar-refractivity contribution in [2.45, 2.75) is 37.8 Å². The minimum absolute atomic E-state index is 0.0111. The summed E-state index contributed by atoms with van der Waals surface area (Å²) in [5.74, 6) is -0.781. The van der Waals surface area contributed by atoms with Gasteiger partial charge in [0.1, 0.15) is 5.75 Å². The molecule has 5 nitrogen and oxygen atoms in total. The molecule has 1 rings (SSSR count). The van der Waals surface area contributed by atoms with Gasteiger partial charge in [0, 0.05) is 25.4 Å². The van der Waals surface area contributed by atoms with Crippen molar-refractivity contribution in [1.82, 2.24) is 4.90 Å². The zero-order valence-electron chi connectivity index (χ0n) is 9.85. The summed E-state index contributed by atoms with van der Waals surface area (Å²) < 4.78 is 22.1. The first-order valence-electron chi connectivity index (χ1n) is 5.50. The molecule has 1 saturated carbocycles. The number of nitrogens with zero attached hydrogens (tertiary/aromatic N) is 1. The van der Waals surface area contributed by atoms with E-state index in [4.69, 9.17) is 5.73 Å². The fourth-order valence-electron chi connectivity index (χ4n) is 2.13. The number of sulfone groups is 1. The first-order valence-corrected chi connectivity index (χ1v) is 7.56. The van der Waals surface area contributed by atoms with Crippen molar-refractivity contribution >= 4 is 15.7 Å². The van der Waals surface area contributed by atoms with Crippen molar-refractivity contribution in [2.75, 3.05) is 19.1 Å². The SMILES string of the molecule is CN(C(=O)CS(C)(=O)=O)C1CCCCC1N. The monoisotopic (exact) mass is 248 g/mol. The second-order valence-electron chi connectivity index (χ2n) is 4.59. The molecule has 16 heavy (non-hydrogen) atoms. The van der Waals surface area contributed by atoms with Crippen LogP contribution in [0.25, 0.3) is 0 Å². The quantitative estimate of drug-likeness (QED) is 0.747. The molecule has 1 aliphatic rings. The topological polar surface area (TPSA) is 80.5 Å². The molecular weight excluding hydrogens is 228 g/mol. The van der Waals surface area contributed by atoms with E-state index in [9.17, 15) is 13.2 Å². The first kappa shape index (κ1) is 13.4. The number of carbonyl (C=O) groups excluding carboxylic acids is 1. The fourth-order valence-corrected chi connectivity index (χ4v) is 2.78. The molecule has 0 radical (unpaired) electrons. The van der Waals surface area contributed by atoms with Gasteiger partial charge < -0.3 is 10.6 Å². The maximum atomic E-state index is 11.7. The standard InChI is InChI=1S/C10H20N2O3S/c1-12(10(13)7-16(2,14)15)9-6-4-3-5-8(9)11/h8-9H,3-7,11H2,1-2H3. The lowest BCUT2D eigenvalue weighted by Gasteiger charge is -2.35. The van der Waals surface area contributed by atoms with Crippen LogP contribution in [-0.2, 0) is 14.6 Å². The second kappa shape index (κ2) is 5.14. The Balaban J connectivity index is 2.62. The molecule has 0 bridgehead atoms. The zero-order valence-corrected chi connectivity index (χ0v) is 10.7. The maximum Gasteiger partial charge on any atom is 0.237 e.